The molecule has 0 aliphatic carbocycles. The number of likely N-dealkylation sites (N-methyl/N-ethyl adjacent to an activating group) is 1. The average Bonchev–Trinajstić information content (AvgIpc) is 3.05. The van der Waals surface area contributed by atoms with Crippen LogP contribution < -0.4 is 4.74 Å². The summed E-state index contributed by atoms with van der Waals surface area (Å²) in [5.74, 6) is 0.0690. The summed E-state index contributed by atoms with van der Waals surface area (Å²) in [5.41, 5.74) is 3.32. The fourth-order valence-corrected chi connectivity index (χ4v) is 3.69. The predicted molar refractivity (Wildman–Crippen MR) is 118 cm³/mol. The van der Waals surface area contributed by atoms with E-state index in [2.05, 4.69) is 4.98 Å². The van der Waals surface area contributed by atoms with Crippen LogP contribution in [0.15, 0.2) is 84.8 Å². The van der Waals surface area contributed by atoms with Crippen LogP contribution in [0.25, 0.3) is 5.57 Å². The van der Waals surface area contributed by atoms with Crippen LogP contribution in [-0.2, 0) is 22.7 Å². The number of aromatic nitrogens is 1. The van der Waals surface area contributed by atoms with Crippen LogP contribution in [0.4, 0.5) is 0 Å². The van der Waals surface area contributed by atoms with Crippen molar-refractivity contribution < 1.29 is 14.3 Å². The fraction of sp³-hybridized carbons (Fsp3) is 0.160. The lowest BCUT2D eigenvalue weighted by molar-refractivity contribution is -0.138. The molecule has 1 aliphatic heterocycles. The van der Waals surface area contributed by atoms with Gasteiger partial charge in [-0.2, -0.15) is 0 Å². The van der Waals surface area contributed by atoms with Crippen LogP contribution in [0, 0.1) is 0 Å². The molecule has 6 nitrogen and oxygen atoms in total. The Labute approximate surface area is 181 Å². The van der Waals surface area contributed by atoms with Gasteiger partial charge in [0.2, 0.25) is 0 Å². The summed E-state index contributed by atoms with van der Waals surface area (Å²) in [6.07, 6.45) is 3.33. The van der Waals surface area contributed by atoms with E-state index >= 15 is 0 Å². The number of nitrogens with zero attached hydrogens (tertiary/aromatic N) is 3. The number of carbonyl (C=O) groups excluding carboxylic acids is 2. The molecule has 2 heterocycles. The molecule has 0 bridgehead atoms. The van der Waals surface area contributed by atoms with Crippen molar-refractivity contribution in [2.45, 2.75) is 13.1 Å². The first-order chi connectivity index (χ1) is 15.1. The van der Waals surface area contributed by atoms with Crippen molar-refractivity contribution in [1.82, 2.24) is 14.8 Å². The van der Waals surface area contributed by atoms with Crippen molar-refractivity contribution in [3.05, 3.63) is 102 Å². The van der Waals surface area contributed by atoms with Gasteiger partial charge in [0.1, 0.15) is 11.4 Å². The van der Waals surface area contributed by atoms with Crippen molar-refractivity contribution in [3.8, 4) is 5.75 Å². The van der Waals surface area contributed by atoms with E-state index in [-0.39, 0.29) is 18.4 Å². The molecule has 31 heavy (non-hydrogen) atoms. The normalized spacial score (nSPS) is 13.7. The van der Waals surface area contributed by atoms with Crippen molar-refractivity contribution in [1.29, 1.82) is 0 Å². The molecule has 4 rings (SSSR count). The minimum Gasteiger partial charge on any atom is -0.497 e. The standard InChI is InChI=1S/C25H23N3O3/c1-27(16-18-7-4-3-5-8-18)23-22(20-10-12-21(31-2)13-11-20)24(29)28(25(23)30)17-19-9-6-14-26-15-19/h3-15H,16-17H2,1-2H3. The molecule has 0 saturated heterocycles. The van der Waals surface area contributed by atoms with Gasteiger partial charge in [0.25, 0.3) is 11.8 Å². The zero-order valence-electron chi connectivity index (χ0n) is 17.5. The lowest BCUT2D eigenvalue weighted by Gasteiger charge is -2.21. The van der Waals surface area contributed by atoms with Gasteiger partial charge in [0.05, 0.1) is 19.2 Å². The first-order valence-electron chi connectivity index (χ1n) is 9.97. The van der Waals surface area contributed by atoms with Gasteiger partial charge in [-0.15, -0.1) is 0 Å². The summed E-state index contributed by atoms with van der Waals surface area (Å²) < 4.78 is 5.24. The molecule has 1 aliphatic rings. The minimum atomic E-state index is -0.311. The Bertz CT molecular complexity index is 1110. The van der Waals surface area contributed by atoms with Gasteiger partial charge in [-0.05, 0) is 34.9 Å². The van der Waals surface area contributed by atoms with E-state index in [4.69, 9.17) is 4.74 Å². The van der Waals surface area contributed by atoms with Crippen molar-refractivity contribution in [3.63, 3.8) is 0 Å². The number of ether oxygens (including phenoxy) is 1. The van der Waals surface area contributed by atoms with E-state index in [1.54, 1.807) is 37.7 Å². The molecule has 0 spiro atoms. The summed E-state index contributed by atoms with van der Waals surface area (Å²) in [6, 6.07) is 20.7. The monoisotopic (exact) mass is 413 g/mol. The fourth-order valence-electron chi connectivity index (χ4n) is 3.69. The third-order valence-electron chi connectivity index (χ3n) is 5.23. The summed E-state index contributed by atoms with van der Waals surface area (Å²) >= 11 is 0. The number of methoxy groups -OCH3 is 1. The van der Waals surface area contributed by atoms with Gasteiger partial charge in [-0.1, -0.05) is 48.5 Å². The topological polar surface area (TPSA) is 62.7 Å². The van der Waals surface area contributed by atoms with Gasteiger partial charge < -0.3 is 9.64 Å². The number of hydrogen-bond donors (Lipinski definition) is 0. The lowest BCUT2D eigenvalue weighted by atomic mass is 10.0. The molecule has 156 valence electrons. The molecular formula is C25H23N3O3. The Hall–Kier alpha value is -3.93. The first kappa shape index (κ1) is 20.3. The number of rotatable bonds is 7. The minimum absolute atomic E-state index is 0.174. The third kappa shape index (κ3) is 4.19. The molecule has 0 saturated carbocycles. The summed E-state index contributed by atoms with van der Waals surface area (Å²) in [5, 5.41) is 0. The second kappa shape index (κ2) is 8.83. The molecule has 0 radical (unpaired) electrons. The van der Waals surface area contributed by atoms with Gasteiger partial charge in [0.15, 0.2) is 0 Å². The van der Waals surface area contributed by atoms with Crippen LogP contribution in [0.5, 0.6) is 5.75 Å². The summed E-state index contributed by atoms with van der Waals surface area (Å²) in [4.78, 5) is 34.1. The number of imide groups is 1. The lowest BCUT2D eigenvalue weighted by Crippen LogP contribution is -2.33. The molecule has 0 fully saturated rings. The van der Waals surface area contributed by atoms with Crippen molar-refractivity contribution >= 4 is 17.4 Å². The molecular weight excluding hydrogens is 390 g/mol. The molecule has 1 aromatic heterocycles. The highest BCUT2D eigenvalue weighted by atomic mass is 16.5. The number of carbonyl (C=O) groups is 2. The Balaban J connectivity index is 1.72. The van der Waals surface area contributed by atoms with E-state index < -0.39 is 0 Å². The number of hydrogen-bond acceptors (Lipinski definition) is 5. The molecule has 0 N–H and O–H groups in total. The maximum absolute atomic E-state index is 13.4. The van der Waals surface area contributed by atoms with E-state index in [1.165, 1.54) is 4.90 Å². The molecule has 3 aromatic rings. The Kier molecular flexibility index (Phi) is 5.80. The molecule has 2 aromatic carbocycles. The van der Waals surface area contributed by atoms with E-state index in [0.717, 1.165) is 11.1 Å². The predicted octanol–water partition coefficient (Wildman–Crippen LogP) is 3.50. The molecule has 0 unspecified atom stereocenters. The Morgan fingerprint density at radius 2 is 1.61 bits per heavy atom. The summed E-state index contributed by atoms with van der Waals surface area (Å²) in [6.45, 7) is 0.684. The van der Waals surface area contributed by atoms with Crippen LogP contribution in [0.2, 0.25) is 0 Å². The molecule has 0 atom stereocenters. The van der Waals surface area contributed by atoms with Crippen LogP contribution in [-0.4, -0.2) is 40.8 Å². The highest BCUT2D eigenvalue weighted by Crippen LogP contribution is 2.33. The van der Waals surface area contributed by atoms with Crippen molar-refractivity contribution in [2.24, 2.45) is 0 Å². The highest BCUT2D eigenvalue weighted by Gasteiger charge is 2.40. The second-order valence-corrected chi connectivity index (χ2v) is 7.35. The van der Waals surface area contributed by atoms with E-state index in [9.17, 15) is 9.59 Å². The average molecular weight is 413 g/mol. The van der Waals surface area contributed by atoms with Crippen LogP contribution >= 0.6 is 0 Å². The van der Waals surface area contributed by atoms with E-state index in [1.807, 2.05) is 60.5 Å². The highest BCUT2D eigenvalue weighted by molar-refractivity contribution is 6.35. The van der Waals surface area contributed by atoms with Gasteiger partial charge >= 0.3 is 0 Å². The number of benzene rings is 2. The zero-order chi connectivity index (χ0) is 21.8. The zero-order valence-corrected chi connectivity index (χ0v) is 17.5. The summed E-state index contributed by atoms with van der Waals surface area (Å²) in [7, 11) is 3.43. The smallest absolute Gasteiger partial charge is 0.278 e. The number of pyridine rings is 1. The van der Waals surface area contributed by atoms with Crippen LogP contribution in [0.3, 0.4) is 0 Å². The quantitative estimate of drug-likeness (QED) is 0.555. The molecule has 2 amide bonds. The first-order valence-corrected chi connectivity index (χ1v) is 9.97. The van der Waals surface area contributed by atoms with Crippen molar-refractivity contribution in [2.75, 3.05) is 14.2 Å². The van der Waals surface area contributed by atoms with Crippen LogP contribution in [0.1, 0.15) is 16.7 Å². The van der Waals surface area contributed by atoms with Gasteiger partial charge in [-0.25, -0.2) is 0 Å². The number of amides is 2. The van der Waals surface area contributed by atoms with E-state index in [0.29, 0.717) is 29.1 Å². The Morgan fingerprint density at radius 3 is 2.26 bits per heavy atom. The molecule has 6 heteroatoms. The Morgan fingerprint density at radius 1 is 0.903 bits per heavy atom. The second-order valence-electron chi connectivity index (χ2n) is 7.35. The SMILES string of the molecule is COc1ccc(C2=C(N(C)Cc3ccccc3)C(=O)N(Cc3cccnc3)C2=O)cc1. The largest absolute Gasteiger partial charge is 0.497 e. The third-order valence-corrected chi connectivity index (χ3v) is 5.23. The maximum Gasteiger partial charge on any atom is 0.278 e. The maximum atomic E-state index is 13.4. The van der Waals surface area contributed by atoms with Gasteiger partial charge in [-0.3, -0.25) is 19.5 Å². The van der Waals surface area contributed by atoms with Gasteiger partial charge in [0, 0.05) is 26.0 Å².